The van der Waals surface area contributed by atoms with Crippen molar-refractivity contribution < 1.29 is 18.0 Å². The van der Waals surface area contributed by atoms with Gasteiger partial charge in [0, 0.05) is 18.4 Å². The quantitative estimate of drug-likeness (QED) is 0.627. The number of nitrogens with one attached hydrogen (secondary N) is 2. The first-order valence-electron chi connectivity index (χ1n) is 6.67. The summed E-state index contributed by atoms with van der Waals surface area (Å²) < 4.78 is 38.3. The third kappa shape index (κ3) is 5.83. The Bertz CT molecular complexity index is 648. The van der Waals surface area contributed by atoms with Gasteiger partial charge < -0.3 is 10.6 Å². The summed E-state index contributed by atoms with van der Waals surface area (Å²) in [6.07, 6.45) is -3.54. The van der Waals surface area contributed by atoms with Crippen molar-refractivity contribution in [3.8, 4) is 6.07 Å². The Labute approximate surface area is 136 Å². The van der Waals surface area contributed by atoms with Gasteiger partial charge in [-0.1, -0.05) is 25.4 Å². The second-order valence-electron chi connectivity index (χ2n) is 5.11. The number of halogens is 4. The number of alkyl halides is 3. The molecule has 0 heterocycles. The summed E-state index contributed by atoms with van der Waals surface area (Å²) in [4.78, 5) is 11.7. The molecule has 124 valence electrons. The number of nitrogens with zero attached hydrogens (tertiary/aromatic N) is 1. The van der Waals surface area contributed by atoms with Crippen LogP contribution in [0.5, 0.6) is 0 Å². The summed E-state index contributed by atoms with van der Waals surface area (Å²) in [7, 11) is 0. The third-order valence-electron chi connectivity index (χ3n) is 2.69. The summed E-state index contributed by atoms with van der Waals surface area (Å²) in [6.45, 7) is 4.17. The molecule has 0 aliphatic carbocycles. The summed E-state index contributed by atoms with van der Waals surface area (Å²) in [6, 6.07) is 4.90. The maximum atomic E-state index is 12.8. The van der Waals surface area contributed by atoms with Gasteiger partial charge in [0.1, 0.15) is 11.6 Å². The van der Waals surface area contributed by atoms with Gasteiger partial charge in [0.2, 0.25) is 0 Å². The minimum Gasteiger partial charge on any atom is -0.360 e. The van der Waals surface area contributed by atoms with Gasteiger partial charge in [-0.3, -0.25) is 4.79 Å². The first-order chi connectivity index (χ1) is 10.6. The van der Waals surface area contributed by atoms with Crippen molar-refractivity contribution in [1.82, 2.24) is 5.32 Å². The average Bonchev–Trinajstić information content (AvgIpc) is 2.46. The van der Waals surface area contributed by atoms with Crippen LogP contribution in [0.3, 0.4) is 0 Å². The van der Waals surface area contributed by atoms with Crippen LogP contribution in [0.25, 0.3) is 0 Å². The van der Waals surface area contributed by atoms with E-state index in [0.717, 1.165) is 18.3 Å². The second-order valence-corrected chi connectivity index (χ2v) is 5.52. The first-order valence-corrected chi connectivity index (χ1v) is 7.04. The molecule has 0 atom stereocenters. The number of carbonyl (C=O) groups excluding carboxylic acids is 1. The van der Waals surface area contributed by atoms with Crippen LogP contribution < -0.4 is 10.6 Å². The normalized spacial score (nSPS) is 12.0. The highest BCUT2D eigenvalue weighted by Crippen LogP contribution is 2.36. The van der Waals surface area contributed by atoms with Gasteiger partial charge in [-0.05, 0) is 24.1 Å². The molecule has 0 fully saturated rings. The molecule has 0 spiro atoms. The van der Waals surface area contributed by atoms with Crippen molar-refractivity contribution >= 4 is 23.2 Å². The zero-order chi connectivity index (χ0) is 17.6. The van der Waals surface area contributed by atoms with Gasteiger partial charge in [0.05, 0.1) is 10.6 Å². The van der Waals surface area contributed by atoms with Crippen LogP contribution in [0.4, 0.5) is 18.9 Å². The lowest BCUT2D eigenvalue weighted by Crippen LogP contribution is -2.28. The van der Waals surface area contributed by atoms with E-state index in [9.17, 15) is 18.0 Å². The third-order valence-corrected chi connectivity index (χ3v) is 3.02. The maximum Gasteiger partial charge on any atom is 0.417 e. The lowest BCUT2D eigenvalue weighted by atomic mass is 10.2. The molecule has 0 saturated heterocycles. The molecule has 1 aromatic rings. The van der Waals surface area contributed by atoms with Crippen LogP contribution in [0.1, 0.15) is 19.4 Å². The van der Waals surface area contributed by atoms with Crippen molar-refractivity contribution in [1.29, 1.82) is 5.26 Å². The molecular weight excluding hydrogens is 331 g/mol. The largest absolute Gasteiger partial charge is 0.417 e. The number of hydrogen-bond donors (Lipinski definition) is 2. The molecule has 0 aromatic heterocycles. The lowest BCUT2D eigenvalue weighted by Gasteiger charge is -2.11. The van der Waals surface area contributed by atoms with E-state index in [1.807, 2.05) is 13.8 Å². The van der Waals surface area contributed by atoms with E-state index in [4.69, 9.17) is 16.9 Å². The molecule has 0 radical (unpaired) electrons. The van der Waals surface area contributed by atoms with Crippen LogP contribution >= 0.6 is 11.6 Å². The van der Waals surface area contributed by atoms with Crippen LogP contribution in [0, 0.1) is 17.2 Å². The molecule has 1 rings (SSSR count). The van der Waals surface area contributed by atoms with Crippen LogP contribution in [0.15, 0.2) is 30.0 Å². The molecule has 1 amide bonds. The number of carbonyl (C=O) groups is 1. The van der Waals surface area contributed by atoms with E-state index in [1.165, 1.54) is 6.07 Å². The van der Waals surface area contributed by atoms with E-state index in [2.05, 4.69) is 10.6 Å². The zero-order valence-corrected chi connectivity index (χ0v) is 13.2. The van der Waals surface area contributed by atoms with E-state index in [0.29, 0.717) is 6.54 Å². The van der Waals surface area contributed by atoms with Crippen LogP contribution in [0.2, 0.25) is 5.02 Å². The molecular formula is C15H15ClF3N3O. The van der Waals surface area contributed by atoms with Crippen LogP contribution in [-0.4, -0.2) is 12.5 Å². The number of rotatable bonds is 5. The fraction of sp³-hybridized carbons (Fsp3) is 0.333. The number of benzene rings is 1. The van der Waals surface area contributed by atoms with Gasteiger partial charge in [0.15, 0.2) is 0 Å². The smallest absolute Gasteiger partial charge is 0.360 e. The molecule has 0 unspecified atom stereocenters. The SMILES string of the molecule is CC(C)CNC(=O)/C(C#N)=C\Nc1ccc(Cl)c(C(F)(F)F)c1. The molecule has 8 heteroatoms. The predicted octanol–water partition coefficient (Wildman–Crippen LogP) is 3.95. The van der Waals surface area contributed by atoms with Crippen molar-refractivity contribution in [3.63, 3.8) is 0 Å². The Kier molecular flexibility index (Phi) is 6.46. The first kappa shape index (κ1) is 18.8. The van der Waals surface area contributed by atoms with E-state index in [-0.39, 0.29) is 17.2 Å². The zero-order valence-electron chi connectivity index (χ0n) is 12.5. The molecule has 1 aromatic carbocycles. The Morgan fingerprint density at radius 2 is 2.09 bits per heavy atom. The Balaban J connectivity index is 2.90. The topological polar surface area (TPSA) is 64.9 Å². The molecule has 0 bridgehead atoms. The number of amides is 1. The Morgan fingerprint density at radius 1 is 1.43 bits per heavy atom. The van der Waals surface area contributed by atoms with E-state index >= 15 is 0 Å². The second kappa shape index (κ2) is 7.88. The van der Waals surface area contributed by atoms with Crippen molar-refractivity contribution in [2.24, 2.45) is 5.92 Å². The van der Waals surface area contributed by atoms with E-state index < -0.39 is 22.7 Å². The summed E-state index contributed by atoms with van der Waals surface area (Å²) in [5.74, 6) is -0.392. The van der Waals surface area contributed by atoms with Gasteiger partial charge in [-0.15, -0.1) is 0 Å². The summed E-state index contributed by atoms with van der Waals surface area (Å²) >= 11 is 5.51. The fourth-order valence-electron chi connectivity index (χ4n) is 1.53. The van der Waals surface area contributed by atoms with E-state index in [1.54, 1.807) is 6.07 Å². The van der Waals surface area contributed by atoms with Crippen molar-refractivity contribution in [2.45, 2.75) is 20.0 Å². The van der Waals surface area contributed by atoms with Gasteiger partial charge >= 0.3 is 6.18 Å². The monoisotopic (exact) mass is 345 g/mol. The highest BCUT2D eigenvalue weighted by Gasteiger charge is 2.33. The molecule has 23 heavy (non-hydrogen) atoms. The average molecular weight is 346 g/mol. The Morgan fingerprint density at radius 3 is 2.61 bits per heavy atom. The van der Waals surface area contributed by atoms with Gasteiger partial charge in [-0.25, -0.2) is 0 Å². The van der Waals surface area contributed by atoms with Crippen LogP contribution in [-0.2, 0) is 11.0 Å². The standard InChI is InChI=1S/C15H15ClF3N3O/c1-9(2)7-22-14(23)10(6-20)8-21-11-3-4-13(16)12(5-11)15(17,18)19/h3-5,8-9,21H,7H2,1-2H3,(H,22,23)/b10-8-. The lowest BCUT2D eigenvalue weighted by molar-refractivity contribution is -0.137. The van der Waals surface area contributed by atoms with Crippen molar-refractivity contribution in [2.75, 3.05) is 11.9 Å². The molecule has 0 aliphatic heterocycles. The van der Waals surface area contributed by atoms with Crippen molar-refractivity contribution in [3.05, 3.63) is 40.6 Å². The Hall–Kier alpha value is -2.20. The minimum atomic E-state index is -4.59. The number of hydrogen-bond acceptors (Lipinski definition) is 3. The highest BCUT2D eigenvalue weighted by molar-refractivity contribution is 6.31. The predicted molar refractivity (Wildman–Crippen MR) is 81.6 cm³/mol. The fourth-order valence-corrected chi connectivity index (χ4v) is 1.75. The molecule has 2 N–H and O–H groups in total. The van der Waals surface area contributed by atoms with Gasteiger partial charge in [0.25, 0.3) is 5.91 Å². The molecule has 0 saturated carbocycles. The number of anilines is 1. The summed E-state index contributed by atoms with van der Waals surface area (Å²) in [5.41, 5.74) is -1.18. The molecule has 4 nitrogen and oxygen atoms in total. The van der Waals surface area contributed by atoms with Gasteiger partial charge in [-0.2, -0.15) is 18.4 Å². The summed E-state index contributed by atoms with van der Waals surface area (Å²) in [5, 5.41) is 13.6. The molecule has 0 aliphatic rings. The maximum absolute atomic E-state index is 12.8. The number of nitriles is 1. The highest BCUT2D eigenvalue weighted by atomic mass is 35.5. The minimum absolute atomic E-state index is 0.0612.